The zero-order valence-corrected chi connectivity index (χ0v) is 13.3. The summed E-state index contributed by atoms with van der Waals surface area (Å²) in [6, 6.07) is 5.61. The van der Waals surface area contributed by atoms with Crippen LogP contribution in [-0.4, -0.2) is 20.6 Å². The van der Waals surface area contributed by atoms with Gasteiger partial charge >= 0.3 is 5.97 Å². The highest BCUT2D eigenvalue weighted by molar-refractivity contribution is 6.32. The number of rotatable bonds is 3. The van der Waals surface area contributed by atoms with Crippen molar-refractivity contribution in [2.45, 2.75) is 44.4 Å². The van der Waals surface area contributed by atoms with Gasteiger partial charge in [0.2, 0.25) is 0 Å². The molecule has 5 heteroatoms. The molecular formula is C17H19ClN2O2. The van der Waals surface area contributed by atoms with Crippen LogP contribution in [0.25, 0.3) is 5.69 Å². The van der Waals surface area contributed by atoms with Gasteiger partial charge in [0, 0.05) is 12.4 Å². The van der Waals surface area contributed by atoms with Crippen LogP contribution in [0.4, 0.5) is 0 Å². The van der Waals surface area contributed by atoms with Gasteiger partial charge in [-0.25, -0.2) is 4.98 Å². The van der Waals surface area contributed by atoms with Gasteiger partial charge in [0.15, 0.2) is 0 Å². The number of benzene rings is 1. The number of imidazole rings is 1. The number of hydrogen-bond donors (Lipinski definition) is 1. The first-order valence-corrected chi connectivity index (χ1v) is 7.96. The van der Waals surface area contributed by atoms with Crippen molar-refractivity contribution in [1.29, 1.82) is 0 Å². The molecule has 1 aromatic carbocycles. The van der Waals surface area contributed by atoms with Crippen molar-refractivity contribution in [2.24, 2.45) is 0 Å². The van der Waals surface area contributed by atoms with E-state index in [9.17, 15) is 9.90 Å². The lowest BCUT2D eigenvalue weighted by Gasteiger charge is -2.34. The van der Waals surface area contributed by atoms with Gasteiger partial charge in [-0.15, -0.1) is 0 Å². The first kappa shape index (κ1) is 15.1. The average molecular weight is 319 g/mol. The largest absolute Gasteiger partial charge is 0.481 e. The second-order valence-corrected chi connectivity index (χ2v) is 6.37. The molecular weight excluding hydrogens is 300 g/mol. The highest BCUT2D eigenvalue weighted by atomic mass is 35.5. The zero-order chi connectivity index (χ0) is 15.7. The molecule has 1 aliphatic rings. The van der Waals surface area contributed by atoms with E-state index in [2.05, 4.69) is 4.98 Å². The first-order chi connectivity index (χ1) is 10.5. The maximum atomic E-state index is 11.9. The summed E-state index contributed by atoms with van der Waals surface area (Å²) >= 11 is 6.44. The van der Waals surface area contributed by atoms with E-state index in [1.807, 2.05) is 35.9 Å². The van der Waals surface area contributed by atoms with Gasteiger partial charge in [0.05, 0.1) is 16.1 Å². The van der Waals surface area contributed by atoms with E-state index >= 15 is 0 Å². The molecule has 0 atom stereocenters. The Morgan fingerprint density at radius 1 is 1.32 bits per heavy atom. The second kappa shape index (κ2) is 5.76. The van der Waals surface area contributed by atoms with Crippen molar-refractivity contribution in [3.63, 3.8) is 0 Å². The molecule has 1 saturated carbocycles. The van der Waals surface area contributed by atoms with Crippen molar-refractivity contribution in [2.75, 3.05) is 0 Å². The van der Waals surface area contributed by atoms with E-state index in [-0.39, 0.29) is 0 Å². The normalized spacial score (nSPS) is 17.4. The number of aromatic nitrogens is 2. The lowest BCUT2D eigenvalue weighted by molar-refractivity contribution is -0.145. The fraction of sp³-hybridized carbons (Fsp3) is 0.412. The molecule has 0 aliphatic heterocycles. The standard InChI is InChI=1S/C17H19ClN2O2/c1-12-19-9-10-20(12)15-6-5-13(11-14(15)18)17(16(21)22)7-3-2-4-8-17/h5-6,9-11H,2-4,7-8H2,1H3,(H,21,22). The molecule has 0 radical (unpaired) electrons. The molecule has 0 unspecified atom stereocenters. The minimum Gasteiger partial charge on any atom is -0.481 e. The molecule has 1 fully saturated rings. The maximum Gasteiger partial charge on any atom is 0.314 e. The Morgan fingerprint density at radius 2 is 2.05 bits per heavy atom. The van der Waals surface area contributed by atoms with Crippen LogP contribution >= 0.6 is 11.6 Å². The monoisotopic (exact) mass is 318 g/mol. The molecule has 1 heterocycles. The fourth-order valence-electron chi connectivity index (χ4n) is 3.41. The lowest BCUT2D eigenvalue weighted by Crippen LogP contribution is -2.37. The summed E-state index contributed by atoms with van der Waals surface area (Å²) in [5.74, 6) is 0.107. The molecule has 3 rings (SSSR count). The summed E-state index contributed by atoms with van der Waals surface area (Å²) in [5.41, 5.74) is 0.854. The topological polar surface area (TPSA) is 55.1 Å². The highest BCUT2D eigenvalue weighted by Crippen LogP contribution is 2.41. The van der Waals surface area contributed by atoms with Gasteiger partial charge in [0.1, 0.15) is 5.82 Å². The molecule has 4 nitrogen and oxygen atoms in total. The molecule has 0 saturated heterocycles. The van der Waals surface area contributed by atoms with Gasteiger partial charge in [-0.3, -0.25) is 4.79 Å². The van der Waals surface area contributed by atoms with Crippen LogP contribution in [0.5, 0.6) is 0 Å². The summed E-state index contributed by atoms with van der Waals surface area (Å²) < 4.78 is 1.90. The van der Waals surface area contributed by atoms with Crippen molar-refractivity contribution in [1.82, 2.24) is 9.55 Å². The van der Waals surface area contributed by atoms with Crippen LogP contribution in [0.1, 0.15) is 43.5 Å². The third-order valence-electron chi connectivity index (χ3n) is 4.70. The number of carboxylic acid groups (broad SMARTS) is 1. The van der Waals surface area contributed by atoms with Crippen LogP contribution in [0.2, 0.25) is 5.02 Å². The van der Waals surface area contributed by atoms with Gasteiger partial charge < -0.3 is 9.67 Å². The summed E-state index contributed by atoms with van der Waals surface area (Å²) in [6.45, 7) is 1.91. The van der Waals surface area contributed by atoms with Gasteiger partial charge in [-0.2, -0.15) is 0 Å². The van der Waals surface area contributed by atoms with Crippen molar-refractivity contribution in [3.8, 4) is 5.69 Å². The Balaban J connectivity index is 2.04. The van der Waals surface area contributed by atoms with E-state index in [0.717, 1.165) is 36.3 Å². The Labute approximate surface area is 134 Å². The van der Waals surface area contributed by atoms with E-state index in [1.165, 1.54) is 0 Å². The Hall–Kier alpha value is -1.81. The van der Waals surface area contributed by atoms with Crippen molar-refractivity contribution >= 4 is 17.6 Å². The quantitative estimate of drug-likeness (QED) is 0.926. The molecule has 1 N–H and O–H groups in total. The van der Waals surface area contributed by atoms with Crippen LogP contribution < -0.4 is 0 Å². The summed E-state index contributed by atoms with van der Waals surface area (Å²) in [4.78, 5) is 16.1. The van der Waals surface area contributed by atoms with Crippen LogP contribution in [0, 0.1) is 6.92 Å². The highest BCUT2D eigenvalue weighted by Gasteiger charge is 2.41. The van der Waals surface area contributed by atoms with E-state index in [4.69, 9.17) is 11.6 Å². The third kappa shape index (κ3) is 2.41. The summed E-state index contributed by atoms with van der Waals surface area (Å²) in [6.07, 6.45) is 7.95. The lowest BCUT2D eigenvalue weighted by atomic mass is 9.69. The predicted molar refractivity (Wildman–Crippen MR) is 85.7 cm³/mol. The molecule has 1 aliphatic carbocycles. The molecule has 116 valence electrons. The third-order valence-corrected chi connectivity index (χ3v) is 5.00. The first-order valence-electron chi connectivity index (χ1n) is 7.58. The van der Waals surface area contributed by atoms with E-state index in [1.54, 1.807) is 6.20 Å². The van der Waals surface area contributed by atoms with Gasteiger partial charge in [0.25, 0.3) is 0 Å². The predicted octanol–water partition coefficient (Wildman–Crippen LogP) is 4.12. The van der Waals surface area contributed by atoms with E-state index in [0.29, 0.717) is 17.9 Å². The van der Waals surface area contributed by atoms with Crippen LogP contribution in [0.3, 0.4) is 0 Å². The number of carbonyl (C=O) groups is 1. The molecule has 22 heavy (non-hydrogen) atoms. The number of halogens is 1. The SMILES string of the molecule is Cc1nccn1-c1ccc(C2(C(=O)O)CCCCC2)cc1Cl. The number of nitrogens with zero attached hydrogens (tertiary/aromatic N) is 2. The fourth-order valence-corrected chi connectivity index (χ4v) is 3.69. The number of aliphatic carboxylic acids is 1. The molecule has 0 amide bonds. The minimum atomic E-state index is -0.787. The van der Waals surface area contributed by atoms with Crippen molar-refractivity contribution < 1.29 is 9.90 Å². The summed E-state index contributed by atoms with van der Waals surface area (Å²) in [7, 11) is 0. The minimum absolute atomic E-state index is 0.560. The smallest absolute Gasteiger partial charge is 0.314 e. The Kier molecular flexibility index (Phi) is 3.96. The number of carboxylic acids is 1. The molecule has 1 aromatic heterocycles. The van der Waals surface area contributed by atoms with E-state index < -0.39 is 11.4 Å². The maximum absolute atomic E-state index is 11.9. The van der Waals surface area contributed by atoms with Crippen LogP contribution in [0.15, 0.2) is 30.6 Å². The average Bonchev–Trinajstić information content (AvgIpc) is 2.93. The Bertz CT molecular complexity index is 702. The number of hydrogen-bond acceptors (Lipinski definition) is 2. The van der Waals surface area contributed by atoms with Gasteiger partial charge in [-0.05, 0) is 37.5 Å². The van der Waals surface area contributed by atoms with Gasteiger partial charge in [-0.1, -0.05) is 36.9 Å². The Morgan fingerprint density at radius 3 is 2.59 bits per heavy atom. The zero-order valence-electron chi connectivity index (χ0n) is 12.6. The summed E-state index contributed by atoms with van der Waals surface area (Å²) in [5, 5.41) is 10.3. The molecule has 0 spiro atoms. The number of aryl methyl sites for hydroxylation is 1. The molecule has 2 aromatic rings. The molecule has 0 bridgehead atoms. The second-order valence-electron chi connectivity index (χ2n) is 5.96. The van der Waals surface area contributed by atoms with Crippen LogP contribution in [-0.2, 0) is 10.2 Å². The van der Waals surface area contributed by atoms with Crippen molar-refractivity contribution in [3.05, 3.63) is 47.0 Å².